The number of benzene rings is 2. The Morgan fingerprint density at radius 2 is 1.90 bits per heavy atom. The van der Waals surface area contributed by atoms with Gasteiger partial charge in [0, 0.05) is 35.7 Å². The first kappa shape index (κ1) is 21.2. The van der Waals surface area contributed by atoms with Crippen LogP contribution in [0.2, 0.25) is 5.02 Å². The lowest BCUT2D eigenvalue weighted by molar-refractivity contribution is -0.384. The summed E-state index contributed by atoms with van der Waals surface area (Å²) in [7, 11) is 0. The van der Waals surface area contributed by atoms with Crippen molar-refractivity contribution in [1.82, 2.24) is 4.98 Å². The summed E-state index contributed by atoms with van der Waals surface area (Å²) in [6.07, 6.45) is 2.71. The minimum absolute atomic E-state index is 0.0297. The molecule has 2 aromatic carbocycles. The van der Waals surface area contributed by atoms with E-state index in [0.717, 1.165) is 5.56 Å². The number of anilines is 2. The van der Waals surface area contributed by atoms with Gasteiger partial charge in [-0.2, -0.15) is 0 Å². The van der Waals surface area contributed by atoms with Gasteiger partial charge >= 0.3 is 0 Å². The van der Waals surface area contributed by atoms with Crippen molar-refractivity contribution >= 4 is 57.3 Å². The van der Waals surface area contributed by atoms with Gasteiger partial charge in [0.15, 0.2) is 5.13 Å². The van der Waals surface area contributed by atoms with Crippen LogP contribution >= 0.6 is 22.9 Å². The van der Waals surface area contributed by atoms with Crippen molar-refractivity contribution in [2.24, 2.45) is 0 Å². The SMILES string of the molecule is CC(=O)Nc1ccc(-c2csc(NC(=O)/C=C/c3ccc(Cl)c([N+](=O)[O-])c3)n2)cc1. The average Bonchev–Trinajstić information content (AvgIpc) is 3.15. The van der Waals surface area contributed by atoms with Gasteiger partial charge in [-0.15, -0.1) is 11.3 Å². The van der Waals surface area contributed by atoms with Crippen LogP contribution in [-0.2, 0) is 9.59 Å². The molecule has 0 spiro atoms. The van der Waals surface area contributed by atoms with Crippen LogP contribution in [0.5, 0.6) is 0 Å². The summed E-state index contributed by atoms with van der Waals surface area (Å²) in [5.74, 6) is -0.572. The van der Waals surface area contributed by atoms with E-state index in [-0.39, 0.29) is 16.6 Å². The summed E-state index contributed by atoms with van der Waals surface area (Å²) in [4.78, 5) is 37.9. The molecule has 8 nitrogen and oxygen atoms in total. The summed E-state index contributed by atoms with van der Waals surface area (Å²) in [6, 6.07) is 11.4. The Hall–Kier alpha value is -3.56. The number of nitrogens with zero attached hydrogens (tertiary/aromatic N) is 2. The van der Waals surface area contributed by atoms with Crippen LogP contribution < -0.4 is 10.6 Å². The maximum absolute atomic E-state index is 12.1. The number of hydrogen-bond donors (Lipinski definition) is 2. The molecule has 0 aliphatic heterocycles. The van der Waals surface area contributed by atoms with Crippen LogP contribution in [0.1, 0.15) is 12.5 Å². The Labute approximate surface area is 180 Å². The molecule has 0 aliphatic rings. The molecule has 0 fully saturated rings. The lowest BCUT2D eigenvalue weighted by Gasteiger charge is -2.02. The highest BCUT2D eigenvalue weighted by molar-refractivity contribution is 7.14. The Morgan fingerprint density at radius 1 is 1.17 bits per heavy atom. The highest BCUT2D eigenvalue weighted by Crippen LogP contribution is 2.27. The van der Waals surface area contributed by atoms with Crippen LogP contribution in [0.15, 0.2) is 53.9 Å². The lowest BCUT2D eigenvalue weighted by Crippen LogP contribution is -2.07. The second-order valence-electron chi connectivity index (χ2n) is 6.09. The highest BCUT2D eigenvalue weighted by Gasteiger charge is 2.12. The van der Waals surface area contributed by atoms with E-state index in [0.29, 0.717) is 22.1 Å². The molecule has 0 aliphatic carbocycles. The standard InChI is InChI=1S/C20H15ClN4O4S/c1-12(26)22-15-6-4-14(5-7-15)17-11-30-20(23-17)24-19(27)9-3-13-2-8-16(21)18(10-13)25(28)29/h2-11H,1H3,(H,22,26)(H,23,24,27)/b9-3+. The summed E-state index contributed by atoms with van der Waals surface area (Å²) < 4.78 is 0. The number of nitro groups is 1. The van der Waals surface area contributed by atoms with Crippen LogP contribution in [0, 0.1) is 10.1 Å². The number of aromatic nitrogens is 1. The minimum atomic E-state index is -0.584. The van der Waals surface area contributed by atoms with Gasteiger partial charge in [-0.25, -0.2) is 4.98 Å². The van der Waals surface area contributed by atoms with E-state index in [2.05, 4.69) is 15.6 Å². The maximum Gasteiger partial charge on any atom is 0.288 e. The normalized spacial score (nSPS) is 10.7. The van der Waals surface area contributed by atoms with Crippen LogP contribution in [0.4, 0.5) is 16.5 Å². The fourth-order valence-corrected chi connectivity index (χ4v) is 3.39. The number of amides is 2. The number of carbonyl (C=O) groups excluding carboxylic acids is 2. The van der Waals surface area contributed by atoms with E-state index in [9.17, 15) is 19.7 Å². The molecule has 0 radical (unpaired) electrons. The molecule has 10 heteroatoms. The molecule has 0 bridgehead atoms. The van der Waals surface area contributed by atoms with Gasteiger partial charge in [0.2, 0.25) is 11.8 Å². The molecule has 3 rings (SSSR count). The molecule has 0 unspecified atom stereocenters. The molecule has 1 heterocycles. The lowest BCUT2D eigenvalue weighted by atomic mass is 10.1. The zero-order valence-corrected chi connectivity index (χ0v) is 17.2. The average molecular weight is 443 g/mol. The van der Waals surface area contributed by atoms with Crippen molar-refractivity contribution < 1.29 is 14.5 Å². The Bertz CT molecular complexity index is 1140. The third kappa shape index (κ3) is 5.49. The molecule has 0 atom stereocenters. The first-order chi connectivity index (χ1) is 14.3. The van der Waals surface area contributed by atoms with Gasteiger partial charge in [-0.3, -0.25) is 25.0 Å². The van der Waals surface area contributed by atoms with Gasteiger partial charge in [0.05, 0.1) is 10.6 Å². The van der Waals surface area contributed by atoms with E-state index in [1.165, 1.54) is 42.5 Å². The fourth-order valence-electron chi connectivity index (χ4n) is 2.48. The number of nitro benzene ring substituents is 1. The van der Waals surface area contributed by atoms with Crippen LogP contribution in [-0.4, -0.2) is 21.7 Å². The van der Waals surface area contributed by atoms with Crippen molar-refractivity contribution in [3.05, 3.63) is 74.6 Å². The molecule has 0 saturated heterocycles. The van der Waals surface area contributed by atoms with E-state index < -0.39 is 10.8 Å². The van der Waals surface area contributed by atoms with Crippen LogP contribution in [0.25, 0.3) is 17.3 Å². The zero-order chi connectivity index (χ0) is 21.7. The highest BCUT2D eigenvalue weighted by atomic mass is 35.5. The number of thiazole rings is 1. The summed E-state index contributed by atoms with van der Waals surface area (Å²) in [6.45, 7) is 1.44. The minimum Gasteiger partial charge on any atom is -0.326 e. The van der Waals surface area contributed by atoms with E-state index in [1.54, 1.807) is 23.6 Å². The predicted molar refractivity (Wildman–Crippen MR) is 118 cm³/mol. The number of halogens is 1. The smallest absolute Gasteiger partial charge is 0.288 e. The molecule has 30 heavy (non-hydrogen) atoms. The Balaban J connectivity index is 1.65. The summed E-state index contributed by atoms with van der Waals surface area (Å²) >= 11 is 7.04. The Kier molecular flexibility index (Phi) is 6.55. The predicted octanol–water partition coefficient (Wildman–Crippen LogP) is 4.98. The van der Waals surface area contributed by atoms with Crippen LogP contribution in [0.3, 0.4) is 0 Å². The number of rotatable bonds is 6. The number of carbonyl (C=O) groups is 2. The summed E-state index contributed by atoms with van der Waals surface area (Å²) in [5, 5.41) is 18.5. The van der Waals surface area contributed by atoms with E-state index in [4.69, 9.17) is 11.6 Å². The summed E-state index contributed by atoms with van der Waals surface area (Å²) in [5.41, 5.74) is 2.45. The third-order valence-corrected chi connectivity index (χ3v) is 4.91. The number of hydrogen-bond acceptors (Lipinski definition) is 6. The first-order valence-electron chi connectivity index (χ1n) is 8.58. The third-order valence-electron chi connectivity index (χ3n) is 3.83. The molecular weight excluding hydrogens is 428 g/mol. The zero-order valence-electron chi connectivity index (χ0n) is 15.6. The van der Waals surface area contributed by atoms with Gasteiger partial charge in [0.25, 0.3) is 5.69 Å². The largest absolute Gasteiger partial charge is 0.326 e. The molecule has 2 amide bonds. The van der Waals surface area contributed by atoms with E-state index >= 15 is 0 Å². The van der Waals surface area contributed by atoms with Gasteiger partial charge in [-0.1, -0.05) is 29.8 Å². The van der Waals surface area contributed by atoms with Crippen molar-refractivity contribution in [2.75, 3.05) is 10.6 Å². The second kappa shape index (κ2) is 9.29. The molecule has 1 aromatic heterocycles. The Morgan fingerprint density at radius 3 is 2.57 bits per heavy atom. The molecule has 2 N–H and O–H groups in total. The number of nitrogens with one attached hydrogen (secondary N) is 2. The maximum atomic E-state index is 12.1. The molecule has 152 valence electrons. The van der Waals surface area contributed by atoms with Gasteiger partial charge in [0.1, 0.15) is 5.02 Å². The van der Waals surface area contributed by atoms with Gasteiger partial charge in [-0.05, 0) is 29.8 Å². The van der Waals surface area contributed by atoms with Crippen molar-refractivity contribution in [1.29, 1.82) is 0 Å². The quantitative estimate of drug-likeness (QED) is 0.317. The van der Waals surface area contributed by atoms with Gasteiger partial charge < -0.3 is 5.32 Å². The molecule has 3 aromatic rings. The van der Waals surface area contributed by atoms with Crippen molar-refractivity contribution in [3.63, 3.8) is 0 Å². The second-order valence-corrected chi connectivity index (χ2v) is 7.35. The first-order valence-corrected chi connectivity index (χ1v) is 9.84. The topological polar surface area (TPSA) is 114 Å². The molecular formula is C20H15ClN4O4S. The molecule has 0 saturated carbocycles. The van der Waals surface area contributed by atoms with Crippen molar-refractivity contribution in [3.8, 4) is 11.3 Å². The van der Waals surface area contributed by atoms with Crippen molar-refractivity contribution in [2.45, 2.75) is 6.92 Å². The monoisotopic (exact) mass is 442 g/mol. The van der Waals surface area contributed by atoms with E-state index in [1.807, 2.05) is 12.1 Å². The fraction of sp³-hybridized carbons (Fsp3) is 0.0500.